The maximum absolute atomic E-state index is 11.5. The van der Waals surface area contributed by atoms with Crippen LogP contribution in [0.25, 0.3) is 0 Å². The van der Waals surface area contributed by atoms with Gasteiger partial charge in [0.25, 0.3) is 5.91 Å². The highest BCUT2D eigenvalue weighted by Gasteiger charge is 2.08. The Kier molecular flexibility index (Phi) is 3.55. The number of carbonyl (C=O) groups is 1. The average molecular weight is 209 g/mol. The molecule has 0 heterocycles. The number of aromatic hydroxyl groups is 2. The second kappa shape index (κ2) is 4.68. The third-order valence-corrected chi connectivity index (χ3v) is 1.84. The number of phenolic OH excluding ortho intramolecular Hbond substituents is 2. The molecule has 0 aliphatic carbocycles. The maximum atomic E-state index is 11.5. The molecule has 0 spiro atoms. The molecule has 1 amide bonds. The fourth-order valence-corrected chi connectivity index (χ4v) is 1.13. The first kappa shape index (κ1) is 11.4. The van der Waals surface area contributed by atoms with Gasteiger partial charge in [-0.3, -0.25) is 4.79 Å². The van der Waals surface area contributed by atoms with Gasteiger partial charge < -0.3 is 15.5 Å². The van der Waals surface area contributed by atoms with Crippen LogP contribution in [0.2, 0.25) is 0 Å². The Balaban J connectivity index is 2.73. The van der Waals surface area contributed by atoms with Gasteiger partial charge in [-0.2, -0.15) is 0 Å². The molecule has 15 heavy (non-hydrogen) atoms. The molecule has 4 heteroatoms. The van der Waals surface area contributed by atoms with Crippen LogP contribution in [0.3, 0.4) is 0 Å². The van der Waals surface area contributed by atoms with Crippen LogP contribution in [0, 0.1) is 5.92 Å². The minimum Gasteiger partial charge on any atom is -0.508 e. The maximum Gasteiger partial charge on any atom is 0.251 e. The number of carbonyl (C=O) groups excluding carboxylic acids is 1. The Bertz CT molecular complexity index is 341. The molecule has 0 aromatic heterocycles. The van der Waals surface area contributed by atoms with Crippen LogP contribution in [0.15, 0.2) is 18.2 Å². The molecular weight excluding hydrogens is 194 g/mol. The van der Waals surface area contributed by atoms with Crippen molar-refractivity contribution in [2.24, 2.45) is 5.92 Å². The first-order valence-electron chi connectivity index (χ1n) is 4.80. The fourth-order valence-electron chi connectivity index (χ4n) is 1.13. The molecule has 1 aromatic rings. The highest BCUT2D eigenvalue weighted by molar-refractivity contribution is 5.95. The van der Waals surface area contributed by atoms with Crippen LogP contribution < -0.4 is 5.32 Å². The average Bonchev–Trinajstić information content (AvgIpc) is 2.12. The first-order valence-corrected chi connectivity index (χ1v) is 4.80. The summed E-state index contributed by atoms with van der Waals surface area (Å²) in [6.45, 7) is 4.54. The minimum atomic E-state index is -0.296. The molecule has 0 fully saturated rings. The van der Waals surface area contributed by atoms with E-state index in [1.54, 1.807) is 0 Å². The van der Waals surface area contributed by atoms with Gasteiger partial charge in [-0.15, -0.1) is 0 Å². The number of hydrogen-bond donors (Lipinski definition) is 3. The van der Waals surface area contributed by atoms with Crippen LogP contribution >= 0.6 is 0 Å². The zero-order chi connectivity index (χ0) is 11.4. The van der Waals surface area contributed by atoms with E-state index in [2.05, 4.69) is 5.32 Å². The van der Waals surface area contributed by atoms with Gasteiger partial charge in [0.2, 0.25) is 0 Å². The van der Waals surface area contributed by atoms with Crippen LogP contribution in [0.5, 0.6) is 11.5 Å². The zero-order valence-electron chi connectivity index (χ0n) is 8.82. The fraction of sp³-hybridized carbons (Fsp3) is 0.364. The number of hydrogen-bond acceptors (Lipinski definition) is 3. The Morgan fingerprint density at radius 2 is 1.80 bits per heavy atom. The molecule has 0 bridgehead atoms. The summed E-state index contributed by atoms with van der Waals surface area (Å²) in [5.74, 6) is -0.177. The van der Waals surface area contributed by atoms with E-state index >= 15 is 0 Å². The van der Waals surface area contributed by atoms with Crippen molar-refractivity contribution in [3.05, 3.63) is 23.8 Å². The van der Waals surface area contributed by atoms with E-state index < -0.39 is 0 Å². The molecule has 1 aromatic carbocycles. The molecule has 4 nitrogen and oxygen atoms in total. The highest BCUT2D eigenvalue weighted by atomic mass is 16.3. The van der Waals surface area contributed by atoms with Crippen molar-refractivity contribution in [1.82, 2.24) is 5.32 Å². The molecule has 0 radical (unpaired) electrons. The van der Waals surface area contributed by atoms with E-state index in [4.69, 9.17) is 0 Å². The Labute approximate surface area is 88.6 Å². The zero-order valence-corrected chi connectivity index (χ0v) is 8.82. The Hall–Kier alpha value is -1.71. The molecule has 1 rings (SSSR count). The lowest BCUT2D eigenvalue weighted by Gasteiger charge is -2.08. The van der Waals surface area contributed by atoms with Gasteiger partial charge in [0, 0.05) is 18.2 Å². The van der Waals surface area contributed by atoms with E-state index in [1.165, 1.54) is 18.2 Å². The second-order valence-electron chi connectivity index (χ2n) is 3.84. The predicted molar refractivity (Wildman–Crippen MR) is 56.9 cm³/mol. The molecule has 0 saturated heterocycles. The number of nitrogens with one attached hydrogen (secondary N) is 1. The summed E-state index contributed by atoms with van der Waals surface area (Å²) in [4.78, 5) is 11.5. The molecule has 0 saturated carbocycles. The number of amides is 1. The van der Waals surface area contributed by atoms with Gasteiger partial charge in [-0.05, 0) is 18.1 Å². The molecule has 0 unspecified atom stereocenters. The summed E-state index contributed by atoms with van der Waals surface area (Å²) >= 11 is 0. The molecule has 82 valence electrons. The third-order valence-electron chi connectivity index (χ3n) is 1.84. The molecule has 0 aliphatic heterocycles. The standard InChI is InChI=1S/C11H15NO3/c1-7(2)6-12-11(15)8-3-9(13)5-10(14)4-8/h3-5,7,13-14H,6H2,1-2H3,(H,12,15). The lowest BCUT2D eigenvalue weighted by Crippen LogP contribution is -2.27. The largest absolute Gasteiger partial charge is 0.508 e. The highest BCUT2D eigenvalue weighted by Crippen LogP contribution is 2.20. The SMILES string of the molecule is CC(C)CNC(=O)c1cc(O)cc(O)c1. The topological polar surface area (TPSA) is 69.6 Å². The van der Waals surface area contributed by atoms with Gasteiger partial charge >= 0.3 is 0 Å². The van der Waals surface area contributed by atoms with Crippen molar-refractivity contribution >= 4 is 5.91 Å². The summed E-state index contributed by atoms with van der Waals surface area (Å²) in [6, 6.07) is 3.81. The number of rotatable bonds is 3. The summed E-state index contributed by atoms with van der Waals surface area (Å²) in [6.07, 6.45) is 0. The number of benzene rings is 1. The van der Waals surface area contributed by atoms with Gasteiger partial charge in [0.1, 0.15) is 11.5 Å². The second-order valence-corrected chi connectivity index (χ2v) is 3.84. The Morgan fingerprint density at radius 1 is 1.27 bits per heavy atom. The van der Waals surface area contributed by atoms with Crippen LogP contribution in [0.1, 0.15) is 24.2 Å². The lowest BCUT2D eigenvalue weighted by molar-refractivity contribution is 0.0948. The minimum absolute atomic E-state index is 0.121. The van der Waals surface area contributed by atoms with Crippen molar-refractivity contribution in [1.29, 1.82) is 0 Å². The summed E-state index contributed by atoms with van der Waals surface area (Å²) < 4.78 is 0. The van der Waals surface area contributed by atoms with Crippen molar-refractivity contribution in [2.75, 3.05) is 6.54 Å². The Morgan fingerprint density at radius 3 is 2.27 bits per heavy atom. The third kappa shape index (κ3) is 3.50. The van der Waals surface area contributed by atoms with Crippen LogP contribution in [-0.4, -0.2) is 22.7 Å². The predicted octanol–water partition coefficient (Wildman–Crippen LogP) is 1.48. The molecule has 0 aliphatic rings. The normalized spacial score (nSPS) is 10.3. The molecule has 0 atom stereocenters. The monoisotopic (exact) mass is 209 g/mol. The van der Waals surface area contributed by atoms with E-state index in [1.807, 2.05) is 13.8 Å². The quantitative estimate of drug-likeness (QED) is 0.706. The van der Waals surface area contributed by atoms with Crippen molar-refractivity contribution in [3.63, 3.8) is 0 Å². The van der Waals surface area contributed by atoms with Gasteiger partial charge in [-0.1, -0.05) is 13.8 Å². The first-order chi connectivity index (χ1) is 6.99. The van der Waals surface area contributed by atoms with E-state index in [9.17, 15) is 15.0 Å². The van der Waals surface area contributed by atoms with Crippen molar-refractivity contribution in [2.45, 2.75) is 13.8 Å². The van der Waals surface area contributed by atoms with Gasteiger partial charge in [0.15, 0.2) is 0 Å². The smallest absolute Gasteiger partial charge is 0.251 e. The van der Waals surface area contributed by atoms with Crippen molar-refractivity contribution in [3.8, 4) is 11.5 Å². The molecular formula is C11H15NO3. The van der Waals surface area contributed by atoms with Gasteiger partial charge in [0.05, 0.1) is 0 Å². The molecule has 3 N–H and O–H groups in total. The summed E-state index contributed by atoms with van der Waals surface area (Å²) in [7, 11) is 0. The summed E-state index contributed by atoms with van der Waals surface area (Å²) in [5, 5.41) is 21.1. The van der Waals surface area contributed by atoms with Gasteiger partial charge in [-0.25, -0.2) is 0 Å². The van der Waals surface area contributed by atoms with E-state index in [0.717, 1.165) is 0 Å². The lowest BCUT2D eigenvalue weighted by atomic mass is 10.1. The summed E-state index contributed by atoms with van der Waals surface area (Å²) in [5.41, 5.74) is 0.258. The van der Waals surface area contributed by atoms with E-state index in [-0.39, 0.29) is 23.0 Å². The van der Waals surface area contributed by atoms with Crippen LogP contribution in [0.4, 0.5) is 0 Å². The van der Waals surface area contributed by atoms with E-state index in [0.29, 0.717) is 12.5 Å². The van der Waals surface area contributed by atoms with Crippen LogP contribution in [-0.2, 0) is 0 Å². The van der Waals surface area contributed by atoms with Crippen molar-refractivity contribution < 1.29 is 15.0 Å². The number of phenols is 2.